The lowest BCUT2D eigenvalue weighted by atomic mass is 10.2. The second-order valence-corrected chi connectivity index (χ2v) is 3.12. The molecule has 0 spiro atoms. The van der Waals surface area contributed by atoms with Crippen LogP contribution in [0, 0.1) is 0 Å². The highest BCUT2D eigenvalue weighted by Gasteiger charge is 2.00. The normalized spacial score (nSPS) is 11.1. The molecule has 4 heteroatoms. The van der Waals surface area contributed by atoms with Gasteiger partial charge in [0, 0.05) is 17.8 Å². The van der Waals surface area contributed by atoms with Crippen molar-refractivity contribution in [2.45, 2.75) is 0 Å². The Hall–Kier alpha value is -2.10. The lowest BCUT2D eigenvalue weighted by Crippen LogP contribution is -2.08. The summed E-state index contributed by atoms with van der Waals surface area (Å²) in [7, 11) is 0. The van der Waals surface area contributed by atoms with Crippen LogP contribution in [0.2, 0.25) is 0 Å². The molecule has 0 radical (unpaired) electrons. The molecule has 0 unspecified atom stereocenters. The van der Waals surface area contributed by atoms with E-state index in [4.69, 9.17) is 0 Å². The summed E-state index contributed by atoms with van der Waals surface area (Å²) in [6.07, 6.45) is 3.39. The quantitative estimate of drug-likeness (QED) is 0.571. The molecule has 3 rings (SSSR count). The predicted octanol–water partition coefficient (Wildman–Crippen LogP) is 1.18. The van der Waals surface area contributed by atoms with E-state index in [-0.39, 0.29) is 5.69 Å². The molecule has 0 atom stereocenters. The Balaban J connectivity index is 2.61. The Bertz CT molecular complexity index is 665. The zero-order chi connectivity index (χ0) is 9.54. The van der Waals surface area contributed by atoms with Crippen molar-refractivity contribution >= 4 is 16.6 Å². The van der Waals surface area contributed by atoms with Gasteiger partial charge in [0.2, 0.25) is 0 Å². The van der Waals surface area contributed by atoms with Crippen LogP contribution in [0.25, 0.3) is 16.6 Å². The number of imidazole rings is 1. The van der Waals surface area contributed by atoms with Gasteiger partial charge < -0.3 is 4.98 Å². The molecule has 0 aliphatic carbocycles. The molecular formula is C10H7N3O. The Labute approximate surface area is 78.8 Å². The minimum atomic E-state index is -0.154. The molecule has 1 aromatic carbocycles. The van der Waals surface area contributed by atoms with Crippen molar-refractivity contribution in [1.29, 1.82) is 0 Å². The van der Waals surface area contributed by atoms with Crippen LogP contribution < -0.4 is 5.69 Å². The highest BCUT2D eigenvalue weighted by atomic mass is 16.1. The number of aromatic nitrogens is 3. The van der Waals surface area contributed by atoms with Crippen molar-refractivity contribution in [2.75, 3.05) is 0 Å². The minimum Gasteiger partial charge on any atom is -0.310 e. The number of nitrogens with one attached hydrogen (secondary N) is 1. The fraction of sp³-hybridized carbons (Fsp3) is 0. The Morgan fingerprint density at radius 1 is 1.29 bits per heavy atom. The molecule has 68 valence electrons. The largest absolute Gasteiger partial charge is 0.331 e. The van der Waals surface area contributed by atoms with Gasteiger partial charge in [-0.05, 0) is 6.07 Å². The Morgan fingerprint density at radius 2 is 2.14 bits per heavy atom. The first-order valence-corrected chi connectivity index (χ1v) is 4.30. The first kappa shape index (κ1) is 7.32. The van der Waals surface area contributed by atoms with Crippen LogP contribution in [-0.4, -0.2) is 14.4 Å². The van der Waals surface area contributed by atoms with E-state index in [1.165, 1.54) is 4.40 Å². The first-order valence-electron chi connectivity index (χ1n) is 4.30. The molecule has 3 aromatic rings. The lowest BCUT2D eigenvalue weighted by Gasteiger charge is -1.96. The van der Waals surface area contributed by atoms with E-state index in [9.17, 15) is 4.79 Å². The first-order chi connectivity index (χ1) is 6.84. The third-order valence-electron chi connectivity index (χ3n) is 2.23. The number of benzene rings is 1. The maximum Gasteiger partial charge on any atom is 0.331 e. The maximum absolute atomic E-state index is 11.3. The van der Waals surface area contributed by atoms with Gasteiger partial charge in [-0.3, -0.25) is 4.40 Å². The SMILES string of the molecule is O=c1[nH]cc2nc3ccccc3cn12. The van der Waals surface area contributed by atoms with Crippen molar-refractivity contribution in [1.82, 2.24) is 14.4 Å². The number of hydrogen-bond donors (Lipinski definition) is 1. The van der Waals surface area contributed by atoms with E-state index in [0.29, 0.717) is 5.65 Å². The monoisotopic (exact) mass is 185 g/mol. The van der Waals surface area contributed by atoms with Crippen LogP contribution in [0.15, 0.2) is 41.5 Å². The molecule has 14 heavy (non-hydrogen) atoms. The number of H-pyrrole nitrogens is 1. The standard InChI is InChI=1S/C10H7N3O/c14-10-11-5-9-12-8-4-2-1-3-7(8)6-13(9)10/h1-6H,(H,11,14). The molecule has 2 heterocycles. The van der Waals surface area contributed by atoms with Gasteiger partial charge in [-0.2, -0.15) is 0 Å². The fourth-order valence-electron chi connectivity index (χ4n) is 1.54. The molecule has 0 fully saturated rings. The van der Waals surface area contributed by atoms with Gasteiger partial charge in [0.25, 0.3) is 0 Å². The van der Waals surface area contributed by atoms with Crippen LogP contribution >= 0.6 is 0 Å². The molecule has 0 aliphatic heterocycles. The second-order valence-electron chi connectivity index (χ2n) is 3.12. The number of para-hydroxylation sites is 1. The fourth-order valence-corrected chi connectivity index (χ4v) is 1.54. The molecule has 1 N–H and O–H groups in total. The third-order valence-corrected chi connectivity index (χ3v) is 2.23. The van der Waals surface area contributed by atoms with E-state index < -0.39 is 0 Å². The second kappa shape index (κ2) is 2.45. The number of hydrogen-bond acceptors (Lipinski definition) is 2. The van der Waals surface area contributed by atoms with Gasteiger partial charge in [-0.1, -0.05) is 18.2 Å². The van der Waals surface area contributed by atoms with E-state index in [1.807, 2.05) is 24.3 Å². The van der Waals surface area contributed by atoms with Gasteiger partial charge in [-0.25, -0.2) is 9.78 Å². The summed E-state index contributed by atoms with van der Waals surface area (Å²) in [6, 6.07) is 7.71. The lowest BCUT2D eigenvalue weighted by molar-refractivity contribution is 1.06. The zero-order valence-corrected chi connectivity index (χ0v) is 7.27. The minimum absolute atomic E-state index is 0.154. The van der Waals surface area contributed by atoms with Crippen LogP contribution in [0.5, 0.6) is 0 Å². The third kappa shape index (κ3) is 0.877. The van der Waals surface area contributed by atoms with E-state index in [2.05, 4.69) is 9.97 Å². The van der Waals surface area contributed by atoms with Gasteiger partial charge >= 0.3 is 5.69 Å². The van der Waals surface area contributed by atoms with Gasteiger partial charge in [0.15, 0.2) is 5.65 Å². The summed E-state index contributed by atoms with van der Waals surface area (Å²) in [5.74, 6) is 0. The summed E-state index contributed by atoms with van der Waals surface area (Å²) in [5, 5.41) is 0.960. The molecule has 0 aliphatic rings. The van der Waals surface area contributed by atoms with Crippen LogP contribution in [0.3, 0.4) is 0 Å². The Morgan fingerprint density at radius 3 is 3.07 bits per heavy atom. The smallest absolute Gasteiger partial charge is 0.310 e. The van der Waals surface area contributed by atoms with E-state index in [0.717, 1.165) is 10.9 Å². The van der Waals surface area contributed by atoms with Crippen molar-refractivity contribution in [3.63, 3.8) is 0 Å². The summed E-state index contributed by atoms with van der Waals surface area (Å²) in [6.45, 7) is 0. The maximum atomic E-state index is 11.3. The number of fused-ring (bicyclic) bond motifs is 2. The van der Waals surface area contributed by atoms with Gasteiger partial charge in [-0.15, -0.1) is 0 Å². The summed E-state index contributed by atoms with van der Waals surface area (Å²) in [4.78, 5) is 18.2. The van der Waals surface area contributed by atoms with E-state index >= 15 is 0 Å². The molecule has 0 saturated carbocycles. The van der Waals surface area contributed by atoms with Gasteiger partial charge in [0.05, 0.1) is 5.52 Å². The molecular weight excluding hydrogens is 178 g/mol. The van der Waals surface area contributed by atoms with Crippen LogP contribution in [0.1, 0.15) is 0 Å². The topological polar surface area (TPSA) is 50.2 Å². The average molecular weight is 185 g/mol. The number of rotatable bonds is 0. The zero-order valence-electron chi connectivity index (χ0n) is 7.27. The predicted molar refractivity (Wildman–Crippen MR) is 53.3 cm³/mol. The van der Waals surface area contributed by atoms with Crippen molar-refractivity contribution in [2.24, 2.45) is 0 Å². The van der Waals surface area contributed by atoms with E-state index in [1.54, 1.807) is 12.4 Å². The Kier molecular flexibility index (Phi) is 1.28. The molecule has 0 saturated heterocycles. The van der Waals surface area contributed by atoms with Crippen molar-refractivity contribution in [3.05, 3.63) is 47.1 Å². The molecule has 0 bridgehead atoms. The van der Waals surface area contributed by atoms with Crippen molar-refractivity contribution < 1.29 is 0 Å². The highest BCUT2D eigenvalue weighted by Crippen LogP contribution is 2.10. The summed E-state index contributed by atoms with van der Waals surface area (Å²) >= 11 is 0. The molecule has 2 aromatic heterocycles. The summed E-state index contributed by atoms with van der Waals surface area (Å²) < 4.78 is 1.50. The highest BCUT2D eigenvalue weighted by molar-refractivity contribution is 5.79. The average Bonchev–Trinajstić information content (AvgIpc) is 2.57. The number of aromatic amines is 1. The van der Waals surface area contributed by atoms with Crippen LogP contribution in [0.4, 0.5) is 0 Å². The molecule has 4 nitrogen and oxygen atoms in total. The summed E-state index contributed by atoms with van der Waals surface area (Å²) in [5.41, 5.74) is 1.39. The van der Waals surface area contributed by atoms with Crippen LogP contribution in [-0.2, 0) is 0 Å². The number of nitrogens with zero attached hydrogens (tertiary/aromatic N) is 2. The molecule has 0 amide bonds. The van der Waals surface area contributed by atoms with Gasteiger partial charge in [0.1, 0.15) is 0 Å². The van der Waals surface area contributed by atoms with Crippen molar-refractivity contribution in [3.8, 4) is 0 Å².